The number of carbonyl (C=O) groups is 2. The number of aliphatic carboxylic acids is 1. The van der Waals surface area contributed by atoms with Gasteiger partial charge in [0.25, 0.3) is 0 Å². The number of carboxylic acid groups (broad SMARTS) is 1. The van der Waals surface area contributed by atoms with Crippen molar-refractivity contribution in [2.24, 2.45) is 5.92 Å². The van der Waals surface area contributed by atoms with Gasteiger partial charge in [-0.3, -0.25) is 0 Å². The number of aryl methyl sites for hydroxylation is 1. The number of rotatable bonds is 8. The highest BCUT2D eigenvalue weighted by Gasteiger charge is 2.19. The highest BCUT2D eigenvalue weighted by atomic mass is 16.4. The van der Waals surface area contributed by atoms with E-state index in [0.29, 0.717) is 25.3 Å². The average Bonchev–Trinajstić information content (AvgIpc) is 2.49. The summed E-state index contributed by atoms with van der Waals surface area (Å²) in [5.74, 6) is -0.632. The van der Waals surface area contributed by atoms with Crippen LogP contribution in [-0.4, -0.2) is 29.7 Å². The third-order valence-corrected chi connectivity index (χ3v) is 3.48. The van der Waals surface area contributed by atoms with Crippen LogP contribution in [0.2, 0.25) is 0 Å². The van der Waals surface area contributed by atoms with Gasteiger partial charge in [-0.05, 0) is 24.3 Å². The van der Waals surface area contributed by atoms with Gasteiger partial charge in [0.1, 0.15) is 6.04 Å². The van der Waals surface area contributed by atoms with Crippen LogP contribution in [0.4, 0.5) is 4.79 Å². The number of urea groups is 1. The molecule has 2 amide bonds. The lowest BCUT2D eigenvalue weighted by atomic mass is 10.1. The molecule has 0 heterocycles. The van der Waals surface area contributed by atoms with Gasteiger partial charge in [-0.1, -0.05) is 50.6 Å². The first-order valence-corrected chi connectivity index (χ1v) is 7.34. The van der Waals surface area contributed by atoms with Crippen LogP contribution in [0.5, 0.6) is 0 Å². The molecular formula is C16H24N2O3. The van der Waals surface area contributed by atoms with E-state index in [1.807, 2.05) is 44.2 Å². The fourth-order valence-electron chi connectivity index (χ4n) is 1.83. The minimum absolute atomic E-state index is 0.371. The summed E-state index contributed by atoms with van der Waals surface area (Å²) < 4.78 is 0. The lowest BCUT2D eigenvalue weighted by molar-refractivity contribution is -0.139. The Balaban J connectivity index is 2.42. The summed E-state index contributed by atoms with van der Waals surface area (Å²) in [6, 6.07) is 8.34. The summed E-state index contributed by atoms with van der Waals surface area (Å²) in [6.45, 7) is 4.63. The molecule has 0 aliphatic rings. The van der Waals surface area contributed by atoms with Gasteiger partial charge in [0.2, 0.25) is 0 Å². The molecule has 116 valence electrons. The topological polar surface area (TPSA) is 78.4 Å². The molecule has 3 N–H and O–H groups in total. The Labute approximate surface area is 125 Å². The predicted molar refractivity (Wildman–Crippen MR) is 82.2 cm³/mol. The highest BCUT2D eigenvalue weighted by Crippen LogP contribution is 2.05. The Kier molecular flexibility index (Phi) is 7.29. The summed E-state index contributed by atoms with van der Waals surface area (Å²) in [6.07, 6.45) is 1.95. The molecule has 0 radical (unpaired) electrons. The summed E-state index contributed by atoms with van der Waals surface area (Å²) in [5.41, 5.74) is 1.06. The molecule has 5 heteroatoms. The molecule has 5 nitrogen and oxygen atoms in total. The largest absolute Gasteiger partial charge is 0.480 e. The first-order valence-electron chi connectivity index (χ1n) is 7.34. The smallest absolute Gasteiger partial charge is 0.326 e. The van der Waals surface area contributed by atoms with Crippen molar-refractivity contribution in [1.29, 1.82) is 0 Å². The Hall–Kier alpha value is -2.04. The van der Waals surface area contributed by atoms with Gasteiger partial charge < -0.3 is 15.7 Å². The van der Waals surface area contributed by atoms with Crippen molar-refractivity contribution < 1.29 is 14.7 Å². The fraction of sp³-hybridized carbons (Fsp3) is 0.500. The fourth-order valence-corrected chi connectivity index (χ4v) is 1.83. The SMILES string of the molecule is CCC(C)CNC(=O)NC(CCc1ccccc1)C(=O)O. The van der Waals surface area contributed by atoms with Crippen molar-refractivity contribution in [2.75, 3.05) is 6.54 Å². The number of carboxylic acids is 1. The lowest BCUT2D eigenvalue weighted by Crippen LogP contribution is -2.47. The molecule has 0 aliphatic heterocycles. The molecule has 0 bridgehead atoms. The van der Waals surface area contributed by atoms with Crippen molar-refractivity contribution in [3.8, 4) is 0 Å². The monoisotopic (exact) mass is 292 g/mol. The minimum Gasteiger partial charge on any atom is -0.480 e. The summed E-state index contributed by atoms with van der Waals surface area (Å²) >= 11 is 0. The van der Waals surface area contributed by atoms with E-state index in [0.717, 1.165) is 12.0 Å². The second kappa shape index (κ2) is 9.00. The standard InChI is InChI=1S/C16H24N2O3/c1-3-12(2)11-17-16(21)18-14(15(19)20)10-9-13-7-5-4-6-8-13/h4-8,12,14H,3,9-11H2,1-2H3,(H,19,20)(H2,17,18,21). The first kappa shape index (κ1) is 17.0. The second-order valence-corrected chi connectivity index (χ2v) is 5.28. The molecule has 1 aromatic rings. The zero-order valence-electron chi connectivity index (χ0n) is 12.6. The number of carbonyl (C=O) groups excluding carboxylic acids is 1. The quantitative estimate of drug-likeness (QED) is 0.688. The molecule has 0 saturated carbocycles. The van der Waals surface area contributed by atoms with Gasteiger partial charge in [0.05, 0.1) is 0 Å². The average molecular weight is 292 g/mol. The molecule has 1 rings (SSSR count). The first-order chi connectivity index (χ1) is 10.0. The number of benzene rings is 1. The third-order valence-electron chi connectivity index (χ3n) is 3.48. The molecule has 0 spiro atoms. The second-order valence-electron chi connectivity index (χ2n) is 5.28. The van der Waals surface area contributed by atoms with Gasteiger partial charge in [0, 0.05) is 6.54 Å². The van der Waals surface area contributed by atoms with Crippen LogP contribution in [0.3, 0.4) is 0 Å². The number of hydrogen-bond acceptors (Lipinski definition) is 2. The highest BCUT2D eigenvalue weighted by molar-refractivity contribution is 5.82. The van der Waals surface area contributed by atoms with E-state index in [1.165, 1.54) is 0 Å². The Morgan fingerprint density at radius 3 is 2.48 bits per heavy atom. The van der Waals surface area contributed by atoms with Crippen LogP contribution in [0, 0.1) is 5.92 Å². The maximum absolute atomic E-state index is 11.7. The number of nitrogens with one attached hydrogen (secondary N) is 2. The third kappa shape index (κ3) is 6.79. The van der Waals surface area contributed by atoms with Crippen LogP contribution in [-0.2, 0) is 11.2 Å². The van der Waals surface area contributed by atoms with Crippen LogP contribution in [0.1, 0.15) is 32.3 Å². The van der Waals surface area contributed by atoms with Gasteiger partial charge in [-0.25, -0.2) is 9.59 Å². The Morgan fingerprint density at radius 1 is 1.24 bits per heavy atom. The molecule has 2 atom stereocenters. The molecule has 0 aromatic heterocycles. The molecule has 0 fully saturated rings. The number of hydrogen-bond donors (Lipinski definition) is 3. The van der Waals surface area contributed by atoms with Crippen LogP contribution in [0.15, 0.2) is 30.3 Å². The van der Waals surface area contributed by atoms with E-state index in [2.05, 4.69) is 10.6 Å². The minimum atomic E-state index is -1.01. The molecule has 21 heavy (non-hydrogen) atoms. The molecule has 0 aliphatic carbocycles. The van der Waals surface area contributed by atoms with Crippen LogP contribution < -0.4 is 10.6 Å². The van der Waals surface area contributed by atoms with Gasteiger partial charge in [0.15, 0.2) is 0 Å². The van der Waals surface area contributed by atoms with Crippen LogP contribution >= 0.6 is 0 Å². The van der Waals surface area contributed by atoms with E-state index in [1.54, 1.807) is 0 Å². The van der Waals surface area contributed by atoms with E-state index < -0.39 is 18.0 Å². The summed E-state index contributed by atoms with van der Waals surface area (Å²) in [7, 11) is 0. The number of amides is 2. The molecule has 0 saturated heterocycles. The van der Waals surface area contributed by atoms with E-state index in [4.69, 9.17) is 0 Å². The zero-order chi connectivity index (χ0) is 15.7. The van der Waals surface area contributed by atoms with Crippen molar-refractivity contribution in [1.82, 2.24) is 10.6 Å². The van der Waals surface area contributed by atoms with E-state index in [-0.39, 0.29) is 0 Å². The molecule has 2 unspecified atom stereocenters. The van der Waals surface area contributed by atoms with Crippen molar-refractivity contribution in [3.63, 3.8) is 0 Å². The lowest BCUT2D eigenvalue weighted by Gasteiger charge is -2.16. The summed E-state index contributed by atoms with van der Waals surface area (Å²) in [4.78, 5) is 22.9. The summed E-state index contributed by atoms with van der Waals surface area (Å²) in [5, 5.41) is 14.4. The van der Waals surface area contributed by atoms with Gasteiger partial charge >= 0.3 is 12.0 Å². The molecular weight excluding hydrogens is 268 g/mol. The maximum atomic E-state index is 11.7. The van der Waals surface area contributed by atoms with Crippen LogP contribution in [0.25, 0.3) is 0 Å². The molecule has 1 aromatic carbocycles. The van der Waals surface area contributed by atoms with Crippen molar-refractivity contribution in [2.45, 2.75) is 39.2 Å². The van der Waals surface area contributed by atoms with Crippen molar-refractivity contribution >= 4 is 12.0 Å². The van der Waals surface area contributed by atoms with E-state index in [9.17, 15) is 14.7 Å². The Morgan fingerprint density at radius 2 is 1.90 bits per heavy atom. The van der Waals surface area contributed by atoms with Crippen molar-refractivity contribution in [3.05, 3.63) is 35.9 Å². The van der Waals surface area contributed by atoms with E-state index >= 15 is 0 Å². The predicted octanol–water partition coefficient (Wildman–Crippen LogP) is 2.42. The van der Waals surface area contributed by atoms with Gasteiger partial charge in [-0.15, -0.1) is 0 Å². The zero-order valence-corrected chi connectivity index (χ0v) is 12.6. The maximum Gasteiger partial charge on any atom is 0.326 e. The van der Waals surface area contributed by atoms with Gasteiger partial charge in [-0.2, -0.15) is 0 Å². The Bertz CT molecular complexity index is 448. The normalized spacial score (nSPS) is 13.2.